The van der Waals surface area contributed by atoms with Gasteiger partial charge in [-0.25, -0.2) is 9.78 Å². The Balaban J connectivity index is 1.70. The summed E-state index contributed by atoms with van der Waals surface area (Å²) < 4.78 is 10.8. The van der Waals surface area contributed by atoms with Gasteiger partial charge in [0.25, 0.3) is 0 Å². The number of pyridine rings is 1. The van der Waals surface area contributed by atoms with Gasteiger partial charge in [0.15, 0.2) is 0 Å². The minimum absolute atomic E-state index is 0.0819. The van der Waals surface area contributed by atoms with Gasteiger partial charge in [0.1, 0.15) is 22.9 Å². The van der Waals surface area contributed by atoms with Crippen molar-refractivity contribution < 1.29 is 19.1 Å². The van der Waals surface area contributed by atoms with Crippen molar-refractivity contribution in [2.45, 2.75) is 13.3 Å². The van der Waals surface area contributed by atoms with Crippen molar-refractivity contribution >= 4 is 29.3 Å². The molecule has 3 aromatic rings. The fourth-order valence-electron chi connectivity index (χ4n) is 2.61. The third-order valence-electron chi connectivity index (χ3n) is 3.85. The summed E-state index contributed by atoms with van der Waals surface area (Å²) in [6, 6.07) is 18.0. The molecule has 7 heteroatoms. The van der Waals surface area contributed by atoms with Gasteiger partial charge in [0.2, 0.25) is 5.91 Å². The summed E-state index contributed by atoms with van der Waals surface area (Å²) in [5.41, 5.74) is 0.858. The van der Waals surface area contributed by atoms with Crippen LogP contribution in [-0.2, 0) is 16.0 Å². The van der Waals surface area contributed by atoms with E-state index in [4.69, 9.17) is 21.1 Å². The average molecular weight is 411 g/mol. The van der Waals surface area contributed by atoms with Crippen LogP contribution < -0.4 is 10.1 Å². The second kappa shape index (κ2) is 9.71. The Labute approximate surface area is 173 Å². The predicted molar refractivity (Wildman–Crippen MR) is 110 cm³/mol. The maximum absolute atomic E-state index is 12.5. The molecule has 1 heterocycles. The number of amides is 1. The van der Waals surface area contributed by atoms with E-state index in [0.29, 0.717) is 11.5 Å². The highest BCUT2D eigenvalue weighted by atomic mass is 35.5. The fraction of sp³-hybridized carbons (Fsp3) is 0.136. The van der Waals surface area contributed by atoms with Crippen LogP contribution in [0.1, 0.15) is 22.8 Å². The fourth-order valence-corrected chi connectivity index (χ4v) is 2.77. The normalized spacial score (nSPS) is 10.3. The molecule has 0 saturated heterocycles. The van der Waals surface area contributed by atoms with E-state index < -0.39 is 5.97 Å². The number of carbonyl (C=O) groups excluding carboxylic acids is 2. The van der Waals surface area contributed by atoms with E-state index in [0.717, 1.165) is 5.56 Å². The lowest BCUT2D eigenvalue weighted by Gasteiger charge is -2.11. The van der Waals surface area contributed by atoms with Gasteiger partial charge >= 0.3 is 5.97 Å². The minimum Gasteiger partial charge on any atom is -0.462 e. The van der Waals surface area contributed by atoms with Gasteiger partial charge in [-0.3, -0.25) is 4.79 Å². The van der Waals surface area contributed by atoms with E-state index in [9.17, 15) is 9.59 Å². The quantitative estimate of drug-likeness (QED) is 0.561. The van der Waals surface area contributed by atoms with E-state index in [1.165, 1.54) is 12.3 Å². The predicted octanol–water partition coefficient (Wildman–Crippen LogP) is 4.89. The van der Waals surface area contributed by atoms with Crippen LogP contribution in [0.25, 0.3) is 0 Å². The van der Waals surface area contributed by atoms with E-state index in [1.54, 1.807) is 13.0 Å². The van der Waals surface area contributed by atoms with E-state index in [-0.39, 0.29) is 35.3 Å². The molecule has 1 aromatic heterocycles. The summed E-state index contributed by atoms with van der Waals surface area (Å²) in [6.07, 6.45) is 1.44. The number of halogens is 1. The zero-order valence-corrected chi connectivity index (χ0v) is 16.5. The summed E-state index contributed by atoms with van der Waals surface area (Å²) in [5, 5.41) is 2.92. The van der Waals surface area contributed by atoms with Crippen molar-refractivity contribution in [1.82, 2.24) is 4.98 Å². The third kappa shape index (κ3) is 5.80. The summed E-state index contributed by atoms with van der Waals surface area (Å²) in [4.78, 5) is 28.6. The maximum atomic E-state index is 12.5. The number of anilines is 1. The van der Waals surface area contributed by atoms with E-state index in [1.807, 2.05) is 48.5 Å². The Morgan fingerprint density at radius 3 is 2.55 bits per heavy atom. The summed E-state index contributed by atoms with van der Waals surface area (Å²) >= 11 is 5.91. The average Bonchev–Trinajstić information content (AvgIpc) is 2.70. The lowest BCUT2D eigenvalue weighted by molar-refractivity contribution is -0.115. The Morgan fingerprint density at radius 1 is 1.03 bits per heavy atom. The largest absolute Gasteiger partial charge is 0.462 e. The first-order valence-corrected chi connectivity index (χ1v) is 9.37. The molecule has 6 nitrogen and oxygen atoms in total. The molecule has 3 rings (SSSR count). The molecule has 1 amide bonds. The molecule has 29 heavy (non-hydrogen) atoms. The van der Waals surface area contributed by atoms with Crippen LogP contribution in [0.3, 0.4) is 0 Å². The number of hydrogen-bond acceptors (Lipinski definition) is 5. The van der Waals surface area contributed by atoms with Crippen molar-refractivity contribution in [3.8, 4) is 11.5 Å². The Bertz CT molecular complexity index is 1010. The molecule has 2 aromatic carbocycles. The van der Waals surface area contributed by atoms with Gasteiger partial charge < -0.3 is 14.8 Å². The standard InChI is InChI=1S/C22H19ClN2O4/c1-2-28-22(27)19-13-16(23)14-24-21(19)25-20(26)12-15-7-6-10-18(11-15)29-17-8-4-3-5-9-17/h3-11,13-14H,2,12H2,1H3,(H,24,25,26). The topological polar surface area (TPSA) is 77.5 Å². The zero-order valence-electron chi connectivity index (χ0n) is 15.7. The van der Waals surface area contributed by atoms with E-state index in [2.05, 4.69) is 10.3 Å². The van der Waals surface area contributed by atoms with Gasteiger partial charge in [-0.2, -0.15) is 0 Å². The molecule has 0 aliphatic rings. The number of benzene rings is 2. The lowest BCUT2D eigenvalue weighted by Crippen LogP contribution is -2.18. The first kappa shape index (κ1) is 20.4. The maximum Gasteiger partial charge on any atom is 0.341 e. The zero-order chi connectivity index (χ0) is 20.6. The molecule has 0 saturated carbocycles. The van der Waals surface area contributed by atoms with Crippen molar-refractivity contribution in [2.24, 2.45) is 0 Å². The Hall–Kier alpha value is -3.38. The molecule has 0 radical (unpaired) electrons. The molecule has 0 bridgehead atoms. The van der Waals surface area contributed by atoms with Gasteiger partial charge in [-0.15, -0.1) is 0 Å². The number of carbonyl (C=O) groups is 2. The van der Waals surface area contributed by atoms with Gasteiger partial charge in [0.05, 0.1) is 18.1 Å². The molecule has 0 fully saturated rings. The molecule has 0 spiro atoms. The summed E-state index contributed by atoms with van der Waals surface area (Å²) in [6.45, 7) is 1.89. The summed E-state index contributed by atoms with van der Waals surface area (Å²) in [5.74, 6) is 0.504. The van der Waals surface area contributed by atoms with Crippen molar-refractivity contribution in [1.29, 1.82) is 0 Å². The Morgan fingerprint density at radius 2 is 1.79 bits per heavy atom. The van der Waals surface area contributed by atoms with Crippen LogP contribution in [0.4, 0.5) is 5.82 Å². The molecule has 0 aliphatic heterocycles. The van der Waals surface area contributed by atoms with Gasteiger partial charge in [0, 0.05) is 6.20 Å². The van der Waals surface area contributed by atoms with Crippen LogP contribution in [0.5, 0.6) is 11.5 Å². The highest BCUT2D eigenvalue weighted by Gasteiger charge is 2.17. The molecule has 0 unspecified atom stereocenters. The summed E-state index contributed by atoms with van der Waals surface area (Å²) in [7, 11) is 0. The molecular weight excluding hydrogens is 392 g/mol. The highest BCUT2D eigenvalue weighted by Crippen LogP contribution is 2.23. The van der Waals surface area contributed by atoms with Crippen LogP contribution in [0, 0.1) is 0 Å². The number of aromatic nitrogens is 1. The van der Waals surface area contributed by atoms with Crippen LogP contribution in [0.2, 0.25) is 5.02 Å². The number of nitrogens with one attached hydrogen (secondary N) is 1. The van der Waals surface area contributed by atoms with Crippen LogP contribution in [0.15, 0.2) is 66.9 Å². The second-order valence-electron chi connectivity index (χ2n) is 6.06. The molecule has 0 aliphatic carbocycles. The number of rotatable bonds is 7. The molecule has 0 atom stereocenters. The van der Waals surface area contributed by atoms with Gasteiger partial charge in [-0.1, -0.05) is 41.9 Å². The van der Waals surface area contributed by atoms with E-state index >= 15 is 0 Å². The van der Waals surface area contributed by atoms with Crippen LogP contribution >= 0.6 is 11.6 Å². The molecule has 1 N–H and O–H groups in total. The van der Waals surface area contributed by atoms with Gasteiger partial charge in [-0.05, 0) is 42.8 Å². The molecular formula is C22H19ClN2O4. The first-order chi connectivity index (χ1) is 14.0. The number of ether oxygens (including phenoxy) is 2. The highest BCUT2D eigenvalue weighted by molar-refractivity contribution is 6.31. The van der Waals surface area contributed by atoms with Crippen LogP contribution in [-0.4, -0.2) is 23.5 Å². The van der Waals surface area contributed by atoms with Crippen molar-refractivity contribution in [3.05, 3.63) is 83.0 Å². The number of esters is 1. The first-order valence-electron chi connectivity index (χ1n) is 8.99. The lowest BCUT2D eigenvalue weighted by atomic mass is 10.1. The smallest absolute Gasteiger partial charge is 0.341 e. The molecule has 148 valence electrons. The number of hydrogen-bond donors (Lipinski definition) is 1. The minimum atomic E-state index is -0.601. The van der Waals surface area contributed by atoms with Crippen molar-refractivity contribution in [3.63, 3.8) is 0 Å². The monoisotopic (exact) mass is 410 g/mol. The van der Waals surface area contributed by atoms with Crippen molar-refractivity contribution in [2.75, 3.05) is 11.9 Å². The Kier molecular flexibility index (Phi) is 6.81. The number of para-hydroxylation sites is 1. The SMILES string of the molecule is CCOC(=O)c1cc(Cl)cnc1NC(=O)Cc1cccc(Oc2ccccc2)c1. The third-order valence-corrected chi connectivity index (χ3v) is 4.06. The second-order valence-corrected chi connectivity index (χ2v) is 6.49. The number of nitrogens with zero attached hydrogens (tertiary/aromatic N) is 1.